The van der Waals surface area contributed by atoms with Gasteiger partial charge in [-0.15, -0.1) is 21.5 Å². The molecule has 0 unspecified atom stereocenters. The van der Waals surface area contributed by atoms with Crippen molar-refractivity contribution in [2.45, 2.75) is 19.0 Å². The molecule has 0 aliphatic carbocycles. The molecule has 5 rings (SSSR count). The minimum Gasteiger partial charge on any atom is -0.293 e. The Hall–Kier alpha value is -2.93. The molecule has 0 spiro atoms. The molecule has 0 atom stereocenters. The molecule has 0 amide bonds. The van der Waals surface area contributed by atoms with E-state index in [-0.39, 0.29) is 11.5 Å². The van der Waals surface area contributed by atoms with Crippen LogP contribution in [0.1, 0.15) is 21.5 Å². The molecule has 0 bridgehead atoms. The number of aryl methyl sites for hydroxylation is 2. The average Bonchev–Trinajstić information content (AvgIpc) is 3.41. The predicted molar refractivity (Wildman–Crippen MR) is 138 cm³/mol. The Labute approximate surface area is 205 Å². The van der Waals surface area contributed by atoms with Crippen molar-refractivity contribution in [3.63, 3.8) is 0 Å². The van der Waals surface area contributed by atoms with Gasteiger partial charge in [0.15, 0.2) is 16.8 Å². The van der Waals surface area contributed by atoms with Crippen LogP contribution in [0.5, 0.6) is 0 Å². The molecule has 0 N–H and O–H groups in total. The first-order chi connectivity index (χ1) is 16.0. The number of para-hydroxylation sites is 1. The maximum absolute atomic E-state index is 12.9. The number of thiophene rings is 1. The van der Waals surface area contributed by atoms with Gasteiger partial charge in [0.25, 0.3) is 0 Å². The number of benzene rings is 3. The standard InChI is InChI=1S/C26H20ClN3OS2/c1-16-12-13-18(14-17(16)2)21(31)15-32-26-29-28-25(30(26)19-8-4-3-5-9-19)24-23(27)20-10-6-7-11-22(20)33-24/h3-14H,15H2,1-2H3. The molecule has 3 aromatic carbocycles. The molecule has 0 saturated heterocycles. The smallest absolute Gasteiger partial charge is 0.196 e. The van der Waals surface area contributed by atoms with Gasteiger partial charge in [-0.1, -0.05) is 71.9 Å². The van der Waals surface area contributed by atoms with Crippen molar-refractivity contribution in [1.82, 2.24) is 14.8 Å². The summed E-state index contributed by atoms with van der Waals surface area (Å²) in [5.41, 5.74) is 3.92. The van der Waals surface area contributed by atoms with E-state index in [2.05, 4.69) is 16.3 Å². The van der Waals surface area contributed by atoms with Crippen LogP contribution in [0, 0.1) is 13.8 Å². The third kappa shape index (κ3) is 4.22. The number of nitrogens with zero attached hydrogens (tertiary/aromatic N) is 3. The van der Waals surface area contributed by atoms with Crippen molar-refractivity contribution >= 4 is 50.6 Å². The fraction of sp³-hybridized carbons (Fsp3) is 0.115. The van der Waals surface area contributed by atoms with Crippen LogP contribution in [0.2, 0.25) is 5.02 Å². The fourth-order valence-electron chi connectivity index (χ4n) is 3.61. The van der Waals surface area contributed by atoms with Crippen LogP contribution in [0.25, 0.3) is 26.5 Å². The second-order valence-corrected chi connectivity index (χ2v) is 10.1. The summed E-state index contributed by atoms with van der Waals surface area (Å²) in [5.74, 6) is 1.01. The van der Waals surface area contributed by atoms with E-state index in [1.165, 1.54) is 17.3 Å². The monoisotopic (exact) mass is 489 g/mol. The van der Waals surface area contributed by atoms with Crippen LogP contribution in [0.15, 0.2) is 78.0 Å². The molecule has 4 nitrogen and oxygen atoms in total. The normalized spacial score (nSPS) is 11.2. The molecular weight excluding hydrogens is 470 g/mol. The van der Waals surface area contributed by atoms with E-state index in [1.807, 2.05) is 85.1 Å². The Morgan fingerprint density at radius 1 is 0.970 bits per heavy atom. The lowest BCUT2D eigenvalue weighted by molar-refractivity contribution is 0.102. The quantitative estimate of drug-likeness (QED) is 0.184. The Morgan fingerprint density at radius 3 is 2.48 bits per heavy atom. The van der Waals surface area contributed by atoms with Crippen molar-refractivity contribution in [3.8, 4) is 16.4 Å². The lowest BCUT2D eigenvalue weighted by Crippen LogP contribution is -2.05. The Bertz CT molecular complexity index is 1470. The number of hydrogen-bond acceptors (Lipinski definition) is 5. The second-order valence-electron chi connectivity index (χ2n) is 7.73. The molecule has 7 heteroatoms. The number of halogens is 1. The van der Waals surface area contributed by atoms with Gasteiger partial charge in [0.2, 0.25) is 0 Å². The van der Waals surface area contributed by atoms with Gasteiger partial charge in [-0.05, 0) is 49.2 Å². The minimum atomic E-state index is 0.0622. The number of aromatic nitrogens is 3. The average molecular weight is 490 g/mol. The summed E-state index contributed by atoms with van der Waals surface area (Å²) >= 11 is 9.74. The summed E-state index contributed by atoms with van der Waals surface area (Å²) in [6.45, 7) is 4.06. The molecule has 0 fully saturated rings. The van der Waals surface area contributed by atoms with Crippen molar-refractivity contribution in [2.24, 2.45) is 0 Å². The first-order valence-corrected chi connectivity index (χ1v) is 12.6. The summed E-state index contributed by atoms with van der Waals surface area (Å²) in [6, 6.07) is 23.8. The summed E-state index contributed by atoms with van der Waals surface area (Å²) in [6.07, 6.45) is 0. The number of hydrogen-bond donors (Lipinski definition) is 0. The molecule has 0 radical (unpaired) electrons. The van der Waals surface area contributed by atoms with Gasteiger partial charge < -0.3 is 0 Å². The molecule has 2 heterocycles. The molecule has 164 valence electrons. The summed E-state index contributed by atoms with van der Waals surface area (Å²) in [5, 5.41) is 11.3. The van der Waals surface area contributed by atoms with Gasteiger partial charge in [0.1, 0.15) is 0 Å². The van der Waals surface area contributed by atoms with E-state index < -0.39 is 0 Å². The molecule has 0 aliphatic heterocycles. The van der Waals surface area contributed by atoms with Crippen LogP contribution in [-0.2, 0) is 0 Å². The number of Topliss-reactive ketones (excluding diaryl/α,β-unsaturated/α-hetero) is 1. The van der Waals surface area contributed by atoms with Gasteiger partial charge >= 0.3 is 0 Å². The zero-order valence-electron chi connectivity index (χ0n) is 18.1. The Kier molecular flexibility index (Phi) is 6.06. The van der Waals surface area contributed by atoms with Crippen LogP contribution in [0.4, 0.5) is 0 Å². The SMILES string of the molecule is Cc1ccc(C(=O)CSc2nnc(-c3sc4ccccc4c3Cl)n2-c2ccccc2)cc1C. The fourth-order valence-corrected chi connectivity index (χ4v) is 5.94. The van der Waals surface area contributed by atoms with Crippen molar-refractivity contribution < 1.29 is 4.79 Å². The van der Waals surface area contributed by atoms with E-state index in [1.54, 1.807) is 11.3 Å². The van der Waals surface area contributed by atoms with E-state index in [0.29, 0.717) is 21.6 Å². The third-order valence-electron chi connectivity index (χ3n) is 5.55. The summed E-state index contributed by atoms with van der Waals surface area (Å²) < 4.78 is 3.08. The highest BCUT2D eigenvalue weighted by Crippen LogP contribution is 2.42. The predicted octanol–water partition coefficient (Wildman–Crippen LogP) is 7.39. The molecule has 0 saturated carbocycles. The van der Waals surface area contributed by atoms with Gasteiger partial charge in [-0.2, -0.15) is 0 Å². The number of fused-ring (bicyclic) bond motifs is 1. The van der Waals surface area contributed by atoms with Gasteiger partial charge in [-0.25, -0.2) is 0 Å². The molecular formula is C26H20ClN3OS2. The number of carbonyl (C=O) groups is 1. The minimum absolute atomic E-state index is 0.0622. The van der Waals surface area contributed by atoms with E-state index >= 15 is 0 Å². The topological polar surface area (TPSA) is 47.8 Å². The highest BCUT2D eigenvalue weighted by molar-refractivity contribution is 7.99. The molecule has 2 aromatic heterocycles. The number of carbonyl (C=O) groups excluding carboxylic acids is 1. The first-order valence-electron chi connectivity index (χ1n) is 10.4. The van der Waals surface area contributed by atoms with E-state index in [0.717, 1.165) is 26.2 Å². The summed E-state index contributed by atoms with van der Waals surface area (Å²) in [7, 11) is 0. The third-order valence-corrected chi connectivity index (χ3v) is 8.15. The second kappa shape index (κ2) is 9.14. The molecule has 5 aromatic rings. The Balaban J connectivity index is 1.53. The highest BCUT2D eigenvalue weighted by atomic mass is 35.5. The van der Waals surface area contributed by atoms with Crippen LogP contribution in [0.3, 0.4) is 0 Å². The zero-order chi connectivity index (χ0) is 22.9. The summed E-state index contributed by atoms with van der Waals surface area (Å²) in [4.78, 5) is 13.7. The van der Waals surface area contributed by atoms with Crippen LogP contribution in [-0.4, -0.2) is 26.3 Å². The number of ketones is 1. The Morgan fingerprint density at radius 2 is 1.73 bits per heavy atom. The number of rotatable bonds is 6. The lowest BCUT2D eigenvalue weighted by atomic mass is 10.0. The zero-order valence-corrected chi connectivity index (χ0v) is 20.5. The van der Waals surface area contributed by atoms with Crippen LogP contribution < -0.4 is 0 Å². The van der Waals surface area contributed by atoms with Crippen molar-refractivity contribution in [1.29, 1.82) is 0 Å². The van der Waals surface area contributed by atoms with E-state index in [4.69, 9.17) is 11.6 Å². The lowest BCUT2D eigenvalue weighted by Gasteiger charge is -2.10. The largest absolute Gasteiger partial charge is 0.293 e. The van der Waals surface area contributed by atoms with Gasteiger partial charge in [0.05, 0.1) is 15.7 Å². The van der Waals surface area contributed by atoms with Crippen LogP contribution >= 0.6 is 34.7 Å². The van der Waals surface area contributed by atoms with Gasteiger partial charge in [-0.3, -0.25) is 9.36 Å². The highest BCUT2D eigenvalue weighted by Gasteiger charge is 2.22. The maximum Gasteiger partial charge on any atom is 0.196 e. The van der Waals surface area contributed by atoms with Gasteiger partial charge in [0, 0.05) is 21.3 Å². The van der Waals surface area contributed by atoms with Crippen molar-refractivity contribution in [2.75, 3.05) is 5.75 Å². The molecule has 33 heavy (non-hydrogen) atoms. The molecule has 0 aliphatic rings. The first kappa shape index (κ1) is 21.9. The van der Waals surface area contributed by atoms with Crippen molar-refractivity contribution in [3.05, 3.63) is 94.5 Å². The maximum atomic E-state index is 12.9. The van der Waals surface area contributed by atoms with E-state index in [9.17, 15) is 4.79 Å². The number of thioether (sulfide) groups is 1.